The van der Waals surface area contributed by atoms with Gasteiger partial charge in [0.05, 0.1) is 22.9 Å². The fraction of sp³-hybridized carbons (Fsp3) is 0.500. The van der Waals surface area contributed by atoms with Crippen molar-refractivity contribution >= 4 is 29.3 Å². The lowest BCUT2D eigenvalue weighted by Gasteiger charge is -2.35. The number of aromatic nitrogens is 2. The summed E-state index contributed by atoms with van der Waals surface area (Å²) in [5.74, 6) is -1.45. The third-order valence-electron chi connectivity index (χ3n) is 6.40. The fourth-order valence-electron chi connectivity index (χ4n) is 4.37. The molecular weight excluding hydrogens is 463 g/mol. The number of nitrogens with one attached hydrogen (secondary N) is 2. The van der Waals surface area contributed by atoms with E-state index in [9.17, 15) is 19.1 Å². The smallest absolute Gasteiger partial charge is 0.326 e. The van der Waals surface area contributed by atoms with Crippen LogP contribution in [0.2, 0.25) is 5.02 Å². The van der Waals surface area contributed by atoms with Crippen LogP contribution < -0.4 is 10.6 Å². The van der Waals surface area contributed by atoms with Gasteiger partial charge in [0.1, 0.15) is 11.9 Å². The van der Waals surface area contributed by atoms with Gasteiger partial charge in [-0.15, -0.1) is 0 Å². The van der Waals surface area contributed by atoms with Crippen LogP contribution in [-0.2, 0) is 22.4 Å². The summed E-state index contributed by atoms with van der Waals surface area (Å²) in [7, 11) is 0. The van der Waals surface area contributed by atoms with Crippen LogP contribution in [0.25, 0.3) is 0 Å². The van der Waals surface area contributed by atoms with Crippen LogP contribution in [-0.4, -0.2) is 52.2 Å². The topological polar surface area (TPSA) is 113 Å². The van der Waals surface area contributed by atoms with Gasteiger partial charge < -0.3 is 20.5 Å². The molecule has 1 aliphatic heterocycles. The molecule has 1 aliphatic carbocycles. The zero-order valence-electron chi connectivity index (χ0n) is 18.7. The predicted octanol–water partition coefficient (Wildman–Crippen LogP) is 3.63. The summed E-state index contributed by atoms with van der Waals surface area (Å²) in [6.07, 6.45) is 8.17. The summed E-state index contributed by atoms with van der Waals surface area (Å²) in [6.45, 7) is 1.16. The highest BCUT2D eigenvalue weighted by Gasteiger charge is 2.30. The van der Waals surface area contributed by atoms with Crippen molar-refractivity contribution in [2.45, 2.75) is 57.1 Å². The molecule has 8 nitrogen and oxygen atoms in total. The molecule has 2 aliphatic rings. The molecule has 3 N–H and O–H groups in total. The molecule has 2 aromatic heterocycles. The first-order valence-electron chi connectivity index (χ1n) is 11.6. The highest BCUT2D eigenvalue weighted by molar-refractivity contribution is 6.33. The SMILES string of the molecule is O=C(N[C@@H](CCO[C@H]1C[C@H](CCc2ccc3c(n2)NCCC3)C1)C(=O)O)c1c(F)cncc1Cl. The molecule has 10 heteroatoms. The Bertz CT molecular complexity index is 1030. The number of halogens is 2. The van der Waals surface area contributed by atoms with Gasteiger partial charge in [-0.25, -0.2) is 14.2 Å². The Morgan fingerprint density at radius 1 is 1.32 bits per heavy atom. The minimum Gasteiger partial charge on any atom is -0.480 e. The van der Waals surface area contributed by atoms with Crippen molar-refractivity contribution in [2.24, 2.45) is 5.92 Å². The number of pyridine rings is 2. The minimum absolute atomic E-state index is 0.0681. The Kier molecular flexibility index (Phi) is 7.95. The number of aliphatic carboxylic acids is 1. The lowest BCUT2D eigenvalue weighted by Crippen LogP contribution is -2.42. The van der Waals surface area contributed by atoms with Crippen LogP contribution in [0.4, 0.5) is 10.2 Å². The van der Waals surface area contributed by atoms with Gasteiger partial charge in [0.15, 0.2) is 5.82 Å². The molecule has 0 spiro atoms. The standard InChI is InChI=1S/C24H28ClFN4O4/c25-18-12-27-13-19(26)21(18)23(31)30-20(24(32)33)7-9-34-17-10-14(11-17)3-5-16-6-4-15-2-1-8-28-22(15)29-16/h4,6,12-14,17,20H,1-3,5,7-11H2,(H,28,29)(H,30,31)(H,32,33)/t14-,17-,20-/m0/s1. The molecule has 1 saturated carbocycles. The molecule has 1 fully saturated rings. The van der Waals surface area contributed by atoms with Crippen LogP contribution in [0, 0.1) is 11.7 Å². The number of rotatable bonds is 10. The van der Waals surface area contributed by atoms with E-state index in [1.54, 1.807) is 0 Å². The van der Waals surface area contributed by atoms with E-state index in [1.165, 1.54) is 5.56 Å². The third kappa shape index (κ3) is 6.01. The molecule has 0 radical (unpaired) electrons. The number of fused-ring (bicyclic) bond motifs is 1. The Hall–Kier alpha value is -2.78. The Balaban J connectivity index is 1.17. The first-order valence-corrected chi connectivity index (χ1v) is 12.0. The average Bonchev–Trinajstić information content (AvgIpc) is 2.78. The van der Waals surface area contributed by atoms with E-state index < -0.39 is 29.3 Å². The minimum atomic E-state index is -1.22. The zero-order valence-corrected chi connectivity index (χ0v) is 19.5. The Morgan fingerprint density at radius 3 is 2.91 bits per heavy atom. The summed E-state index contributed by atoms with van der Waals surface area (Å²) in [6, 6.07) is 3.07. The van der Waals surface area contributed by atoms with E-state index >= 15 is 0 Å². The van der Waals surface area contributed by atoms with Crippen LogP contribution >= 0.6 is 11.6 Å². The zero-order chi connectivity index (χ0) is 24.1. The van der Waals surface area contributed by atoms with Crippen LogP contribution in [0.1, 0.15) is 53.7 Å². The second-order valence-corrected chi connectivity index (χ2v) is 9.25. The van der Waals surface area contributed by atoms with E-state index in [0.717, 1.165) is 69.0 Å². The third-order valence-corrected chi connectivity index (χ3v) is 6.68. The van der Waals surface area contributed by atoms with Crippen LogP contribution in [0.3, 0.4) is 0 Å². The molecular formula is C24H28ClFN4O4. The summed E-state index contributed by atoms with van der Waals surface area (Å²) in [5.41, 5.74) is 1.97. The summed E-state index contributed by atoms with van der Waals surface area (Å²) < 4.78 is 19.7. The highest BCUT2D eigenvalue weighted by Crippen LogP contribution is 2.34. The maximum atomic E-state index is 13.9. The van der Waals surface area contributed by atoms with E-state index in [2.05, 4.69) is 27.8 Å². The van der Waals surface area contributed by atoms with Crippen molar-refractivity contribution in [1.29, 1.82) is 0 Å². The first kappa shape index (κ1) is 24.3. The summed E-state index contributed by atoms with van der Waals surface area (Å²) in [4.78, 5) is 32.1. The van der Waals surface area contributed by atoms with Crippen LogP contribution in [0.15, 0.2) is 24.5 Å². The number of ether oxygens (including phenoxy) is 1. The van der Waals surface area contributed by atoms with Gasteiger partial charge >= 0.3 is 5.97 Å². The number of anilines is 1. The van der Waals surface area contributed by atoms with Gasteiger partial charge in [0.2, 0.25) is 0 Å². The maximum absolute atomic E-state index is 13.9. The van der Waals surface area contributed by atoms with E-state index in [4.69, 9.17) is 21.3 Å². The average molecular weight is 491 g/mol. The van der Waals surface area contributed by atoms with Crippen molar-refractivity contribution < 1.29 is 23.8 Å². The number of carboxylic acid groups (broad SMARTS) is 1. The Morgan fingerprint density at radius 2 is 2.15 bits per heavy atom. The van der Waals surface area contributed by atoms with Gasteiger partial charge in [0.25, 0.3) is 5.91 Å². The molecule has 0 bridgehead atoms. The number of hydrogen-bond donors (Lipinski definition) is 3. The molecule has 0 aromatic carbocycles. The number of nitrogens with zero attached hydrogens (tertiary/aromatic N) is 2. The van der Waals surface area contributed by atoms with Crippen molar-refractivity contribution in [1.82, 2.24) is 15.3 Å². The molecule has 4 rings (SSSR count). The van der Waals surface area contributed by atoms with E-state index in [0.29, 0.717) is 5.92 Å². The number of carboxylic acids is 1. The van der Waals surface area contributed by atoms with E-state index in [1.807, 2.05) is 0 Å². The maximum Gasteiger partial charge on any atom is 0.326 e. The lowest BCUT2D eigenvalue weighted by atomic mass is 9.79. The summed E-state index contributed by atoms with van der Waals surface area (Å²) >= 11 is 5.83. The lowest BCUT2D eigenvalue weighted by molar-refractivity contribution is -0.140. The number of carbonyl (C=O) groups excluding carboxylic acids is 1. The number of amides is 1. The van der Waals surface area contributed by atoms with Crippen molar-refractivity contribution in [3.05, 3.63) is 52.2 Å². The molecule has 1 atom stereocenters. The highest BCUT2D eigenvalue weighted by atomic mass is 35.5. The van der Waals surface area contributed by atoms with Gasteiger partial charge in [-0.05, 0) is 56.1 Å². The molecule has 2 aromatic rings. The molecule has 0 unspecified atom stereocenters. The summed E-state index contributed by atoms with van der Waals surface area (Å²) in [5, 5.41) is 14.9. The molecule has 1 amide bonds. The largest absolute Gasteiger partial charge is 0.480 e. The molecule has 0 saturated heterocycles. The van der Waals surface area contributed by atoms with Crippen molar-refractivity contribution in [2.75, 3.05) is 18.5 Å². The number of hydrogen-bond acceptors (Lipinski definition) is 6. The van der Waals surface area contributed by atoms with E-state index in [-0.39, 0.29) is 24.2 Å². The quantitative estimate of drug-likeness (QED) is 0.466. The van der Waals surface area contributed by atoms with Crippen molar-refractivity contribution in [3.63, 3.8) is 0 Å². The number of carbonyl (C=O) groups is 2. The molecule has 34 heavy (non-hydrogen) atoms. The van der Waals surface area contributed by atoms with Crippen molar-refractivity contribution in [3.8, 4) is 0 Å². The molecule has 182 valence electrons. The number of aryl methyl sites for hydroxylation is 2. The monoisotopic (exact) mass is 490 g/mol. The second-order valence-electron chi connectivity index (χ2n) is 8.84. The normalized spacial score (nSPS) is 19.9. The second kappa shape index (κ2) is 11.1. The molecule has 3 heterocycles. The van der Waals surface area contributed by atoms with Gasteiger partial charge in [-0.3, -0.25) is 9.78 Å². The first-order chi connectivity index (χ1) is 16.4. The fourth-order valence-corrected chi connectivity index (χ4v) is 4.61. The van der Waals surface area contributed by atoms with Gasteiger partial charge in [-0.1, -0.05) is 17.7 Å². The van der Waals surface area contributed by atoms with Gasteiger partial charge in [0, 0.05) is 31.5 Å². The van der Waals surface area contributed by atoms with Crippen LogP contribution in [0.5, 0.6) is 0 Å². The Labute approximate surface area is 202 Å². The van der Waals surface area contributed by atoms with Gasteiger partial charge in [-0.2, -0.15) is 0 Å². The predicted molar refractivity (Wildman–Crippen MR) is 125 cm³/mol.